The third-order valence-electron chi connectivity index (χ3n) is 6.40. The Morgan fingerprint density at radius 3 is 2.45 bits per heavy atom. The van der Waals surface area contributed by atoms with Crippen molar-refractivity contribution in [2.75, 3.05) is 11.9 Å². The quantitative estimate of drug-likeness (QED) is 0.609. The molecule has 3 aliphatic rings. The van der Waals surface area contributed by atoms with Crippen LogP contribution in [0.5, 0.6) is 5.75 Å². The third kappa shape index (κ3) is 4.04. The van der Waals surface area contributed by atoms with Crippen LogP contribution in [0.15, 0.2) is 28.8 Å². The molecule has 2 bridgehead atoms. The minimum absolute atomic E-state index is 0.0859. The predicted molar refractivity (Wildman–Crippen MR) is 97.2 cm³/mol. The summed E-state index contributed by atoms with van der Waals surface area (Å²) in [6.45, 7) is -1.39. The van der Waals surface area contributed by atoms with Crippen LogP contribution in [0.4, 0.5) is 23.2 Å². The van der Waals surface area contributed by atoms with E-state index >= 15 is 0 Å². The van der Waals surface area contributed by atoms with Crippen LogP contribution in [-0.4, -0.2) is 23.3 Å². The fourth-order valence-corrected chi connectivity index (χ4v) is 4.55. The van der Waals surface area contributed by atoms with Crippen molar-refractivity contribution in [1.82, 2.24) is 10.1 Å². The van der Waals surface area contributed by atoms with E-state index in [1.54, 1.807) is 12.1 Å². The molecule has 3 aliphatic carbocycles. The molecule has 0 unspecified atom stereocenters. The molecule has 3 fully saturated rings. The summed E-state index contributed by atoms with van der Waals surface area (Å²) in [6.07, 6.45) is 5.20. The van der Waals surface area contributed by atoms with Crippen molar-refractivity contribution in [3.8, 4) is 5.75 Å². The zero-order valence-corrected chi connectivity index (χ0v) is 16.1. The molecule has 1 aromatic heterocycles. The van der Waals surface area contributed by atoms with Gasteiger partial charge >= 0.3 is 12.5 Å². The molecule has 0 saturated heterocycles. The number of aromatic nitrogens is 2. The standard InChI is InChI=1S/C20H23F4N3O2/c1-18(23,24)16-26-15(27-29-16)20-8-5-19(6-9-20,7-10-20)12-25-13-3-2-4-14(11-13)28-17(21)22/h2-4,11,17,25H,5-10,12H2,1H3. The summed E-state index contributed by atoms with van der Waals surface area (Å²) >= 11 is 0. The Hall–Kier alpha value is -2.32. The van der Waals surface area contributed by atoms with Crippen LogP contribution >= 0.6 is 0 Å². The van der Waals surface area contributed by atoms with Gasteiger partial charge in [-0.1, -0.05) is 11.2 Å². The average molecular weight is 413 g/mol. The van der Waals surface area contributed by atoms with Crippen molar-refractivity contribution in [3.63, 3.8) is 0 Å². The first kappa shape index (κ1) is 20.0. The number of ether oxygens (including phenoxy) is 1. The van der Waals surface area contributed by atoms with Crippen molar-refractivity contribution in [1.29, 1.82) is 0 Å². The van der Waals surface area contributed by atoms with Gasteiger partial charge < -0.3 is 14.6 Å². The van der Waals surface area contributed by atoms with E-state index in [0.717, 1.165) is 51.1 Å². The van der Waals surface area contributed by atoms with Gasteiger partial charge in [0.15, 0.2) is 5.82 Å². The number of hydrogen-bond acceptors (Lipinski definition) is 5. The predicted octanol–water partition coefficient (Wildman–Crippen LogP) is 5.49. The highest BCUT2D eigenvalue weighted by atomic mass is 19.3. The number of anilines is 1. The Morgan fingerprint density at radius 2 is 1.86 bits per heavy atom. The minimum atomic E-state index is -3.14. The second-order valence-electron chi connectivity index (χ2n) is 8.35. The van der Waals surface area contributed by atoms with Gasteiger partial charge in [0.05, 0.1) is 0 Å². The minimum Gasteiger partial charge on any atom is -0.435 e. The molecule has 5 rings (SSSR count). The van der Waals surface area contributed by atoms with Gasteiger partial charge in [-0.05, 0) is 56.1 Å². The number of rotatable bonds is 7. The maximum atomic E-state index is 13.4. The van der Waals surface area contributed by atoms with E-state index in [9.17, 15) is 17.6 Å². The number of hydrogen-bond donors (Lipinski definition) is 1. The highest BCUT2D eigenvalue weighted by Crippen LogP contribution is 2.57. The first-order valence-corrected chi connectivity index (χ1v) is 9.71. The van der Waals surface area contributed by atoms with Crippen LogP contribution < -0.4 is 10.1 Å². The molecule has 0 amide bonds. The molecule has 1 heterocycles. The Bertz CT molecular complexity index is 841. The molecule has 2 aromatic rings. The van der Waals surface area contributed by atoms with Crippen LogP contribution in [0.3, 0.4) is 0 Å². The Kier molecular flexibility index (Phi) is 4.94. The van der Waals surface area contributed by atoms with Crippen molar-refractivity contribution < 1.29 is 26.8 Å². The smallest absolute Gasteiger partial charge is 0.387 e. The van der Waals surface area contributed by atoms with E-state index in [-0.39, 0.29) is 16.6 Å². The number of nitrogens with one attached hydrogen (secondary N) is 1. The number of alkyl halides is 4. The Balaban J connectivity index is 1.39. The summed E-state index contributed by atoms with van der Waals surface area (Å²) < 4.78 is 60.9. The second-order valence-corrected chi connectivity index (χ2v) is 8.35. The van der Waals surface area contributed by atoms with E-state index < -0.39 is 18.4 Å². The maximum Gasteiger partial charge on any atom is 0.387 e. The highest BCUT2D eigenvalue weighted by Gasteiger charge is 2.52. The van der Waals surface area contributed by atoms with Gasteiger partial charge in [-0.25, -0.2) is 0 Å². The van der Waals surface area contributed by atoms with Crippen LogP contribution in [0.1, 0.15) is 57.2 Å². The lowest BCUT2D eigenvalue weighted by atomic mass is 9.53. The number of nitrogens with zero attached hydrogens (tertiary/aromatic N) is 2. The average Bonchev–Trinajstić information content (AvgIpc) is 3.19. The monoisotopic (exact) mass is 413 g/mol. The lowest BCUT2D eigenvalue weighted by Gasteiger charge is -2.52. The fourth-order valence-electron chi connectivity index (χ4n) is 4.55. The zero-order chi connectivity index (χ0) is 20.7. The molecule has 1 aromatic carbocycles. The molecule has 0 aliphatic heterocycles. The molecule has 1 N–H and O–H groups in total. The number of halogens is 4. The van der Waals surface area contributed by atoms with Crippen LogP contribution in [0.25, 0.3) is 0 Å². The summed E-state index contributed by atoms with van der Waals surface area (Å²) in [6, 6.07) is 6.53. The Labute approximate surface area is 165 Å². The lowest BCUT2D eigenvalue weighted by molar-refractivity contribution is -0.0498. The molecule has 3 saturated carbocycles. The van der Waals surface area contributed by atoms with Gasteiger partial charge in [-0.15, -0.1) is 0 Å². The van der Waals surface area contributed by atoms with Crippen molar-refractivity contribution >= 4 is 5.69 Å². The largest absolute Gasteiger partial charge is 0.435 e. The summed E-state index contributed by atoms with van der Waals surface area (Å²) in [4.78, 5) is 4.00. The number of fused-ring (bicyclic) bond motifs is 3. The Morgan fingerprint density at radius 1 is 1.17 bits per heavy atom. The van der Waals surface area contributed by atoms with Gasteiger partial charge in [0.1, 0.15) is 5.75 Å². The molecule has 0 spiro atoms. The highest BCUT2D eigenvalue weighted by molar-refractivity contribution is 5.48. The SMILES string of the molecule is CC(F)(F)c1nc(C23CCC(CNc4cccc(OC(F)F)c4)(CC2)CC3)no1. The fraction of sp³-hybridized carbons (Fsp3) is 0.600. The molecular formula is C20H23F4N3O2. The molecular weight excluding hydrogens is 390 g/mol. The first-order chi connectivity index (χ1) is 13.7. The van der Waals surface area contributed by atoms with Gasteiger partial charge in [0, 0.05) is 30.6 Å². The van der Waals surface area contributed by atoms with Crippen LogP contribution in [-0.2, 0) is 11.3 Å². The second kappa shape index (κ2) is 7.18. The molecule has 0 atom stereocenters. The van der Waals surface area contributed by atoms with E-state index in [2.05, 4.69) is 20.2 Å². The van der Waals surface area contributed by atoms with E-state index in [1.165, 1.54) is 6.07 Å². The van der Waals surface area contributed by atoms with Crippen molar-refractivity contribution in [2.24, 2.45) is 5.41 Å². The van der Waals surface area contributed by atoms with Gasteiger partial charge in [0.25, 0.3) is 5.89 Å². The van der Waals surface area contributed by atoms with E-state index in [1.807, 2.05) is 6.07 Å². The molecule has 9 heteroatoms. The summed E-state index contributed by atoms with van der Waals surface area (Å²) in [5.74, 6) is -3.25. The van der Waals surface area contributed by atoms with Gasteiger partial charge in [-0.3, -0.25) is 0 Å². The topological polar surface area (TPSA) is 60.2 Å². The van der Waals surface area contributed by atoms with Crippen LogP contribution in [0, 0.1) is 5.41 Å². The summed E-state index contributed by atoms with van der Waals surface area (Å²) in [5.41, 5.74) is 0.524. The first-order valence-electron chi connectivity index (χ1n) is 9.71. The molecule has 158 valence electrons. The van der Waals surface area contributed by atoms with E-state index in [0.29, 0.717) is 12.4 Å². The summed E-state index contributed by atoms with van der Waals surface area (Å²) in [7, 11) is 0. The van der Waals surface area contributed by atoms with Gasteiger partial charge in [-0.2, -0.15) is 22.5 Å². The molecule has 0 radical (unpaired) electrons. The molecule has 29 heavy (non-hydrogen) atoms. The van der Waals surface area contributed by atoms with Crippen molar-refractivity contribution in [3.05, 3.63) is 36.0 Å². The third-order valence-corrected chi connectivity index (χ3v) is 6.40. The zero-order valence-electron chi connectivity index (χ0n) is 16.1. The normalized spacial score (nSPS) is 26.7. The molecule has 5 nitrogen and oxygen atoms in total. The van der Waals surface area contributed by atoms with E-state index in [4.69, 9.17) is 4.52 Å². The summed E-state index contributed by atoms with van der Waals surface area (Å²) in [5, 5.41) is 7.21. The number of benzene rings is 1. The van der Waals surface area contributed by atoms with Gasteiger partial charge in [0.2, 0.25) is 0 Å². The maximum absolute atomic E-state index is 13.4. The van der Waals surface area contributed by atoms with Crippen molar-refractivity contribution in [2.45, 2.75) is 63.4 Å². The van der Waals surface area contributed by atoms with Crippen LogP contribution in [0.2, 0.25) is 0 Å². The lowest BCUT2D eigenvalue weighted by Crippen LogP contribution is -2.47.